The maximum atomic E-state index is 13.1. The van der Waals surface area contributed by atoms with Crippen LogP contribution in [0.25, 0.3) is 17.5 Å². The van der Waals surface area contributed by atoms with Crippen molar-refractivity contribution in [2.24, 2.45) is 5.73 Å². The van der Waals surface area contributed by atoms with Crippen LogP contribution in [0.2, 0.25) is 0 Å². The van der Waals surface area contributed by atoms with Crippen molar-refractivity contribution in [1.29, 1.82) is 5.26 Å². The molecule has 0 bridgehead atoms. The summed E-state index contributed by atoms with van der Waals surface area (Å²) in [7, 11) is 0. The number of nitriles is 1. The Morgan fingerprint density at radius 1 is 1.33 bits per heavy atom. The molecule has 0 fully saturated rings. The van der Waals surface area contributed by atoms with Gasteiger partial charge in [0.25, 0.3) is 5.56 Å². The van der Waals surface area contributed by atoms with E-state index in [1.807, 2.05) is 6.07 Å². The fraction of sp³-hybridized carbons (Fsp3) is 0.190. The van der Waals surface area contributed by atoms with E-state index in [0.29, 0.717) is 20.7 Å². The number of rotatable bonds is 4. The molecule has 3 aromatic heterocycles. The fourth-order valence-corrected chi connectivity index (χ4v) is 4.41. The molecule has 0 amide bonds. The molecule has 0 saturated heterocycles. The minimum atomic E-state index is -0.884. The van der Waals surface area contributed by atoms with E-state index in [9.17, 15) is 14.9 Å². The monoisotopic (exact) mass is 423 g/mol. The van der Waals surface area contributed by atoms with Crippen LogP contribution >= 0.6 is 11.3 Å². The summed E-state index contributed by atoms with van der Waals surface area (Å²) in [6, 6.07) is 8.73. The van der Waals surface area contributed by atoms with Crippen molar-refractivity contribution in [2.75, 3.05) is 0 Å². The van der Waals surface area contributed by atoms with Crippen LogP contribution < -0.4 is 20.5 Å². The number of nitrogens with zero attached hydrogens (tertiary/aromatic N) is 2. The van der Waals surface area contributed by atoms with Gasteiger partial charge in [-0.3, -0.25) is 9.36 Å². The Bertz CT molecular complexity index is 1350. The molecule has 1 aliphatic rings. The number of thiazole rings is 1. The van der Waals surface area contributed by atoms with Crippen molar-refractivity contribution in [3.63, 3.8) is 0 Å². The van der Waals surface area contributed by atoms with Gasteiger partial charge in [0, 0.05) is 6.08 Å². The van der Waals surface area contributed by atoms with Crippen LogP contribution in [-0.2, 0) is 9.53 Å². The second kappa shape index (κ2) is 7.57. The lowest BCUT2D eigenvalue weighted by Crippen LogP contribution is -2.40. The molecule has 4 rings (SSSR count). The van der Waals surface area contributed by atoms with E-state index in [-0.39, 0.29) is 17.0 Å². The van der Waals surface area contributed by atoms with Crippen LogP contribution in [0.15, 0.2) is 56.0 Å². The first-order valence-corrected chi connectivity index (χ1v) is 9.89. The Morgan fingerprint density at radius 2 is 2.07 bits per heavy atom. The minimum Gasteiger partial charge on any atom is -0.468 e. The van der Waals surface area contributed by atoms with Crippen molar-refractivity contribution >= 4 is 34.8 Å². The zero-order chi connectivity index (χ0) is 21.4. The van der Waals surface area contributed by atoms with Gasteiger partial charge in [-0.05, 0) is 38.1 Å². The zero-order valence-corrected chi connectivity index (χ0v) is 16.9. The number of hydrogen-bond acceptors (Lipinski definition) is 8. The smallest absolute Gasteiger partial charge is 0.338 e. The first kappa shape index (κ1) is 19.5. The van der Waals surface area contributed by atoms with Crippen LogP contribution in [0.5, 0.6) is 0 Å². The summed E-state index contributed by atoms with van der Waals surface area (Å²) in [5.41, 5.74) is 5.95. The van der Waals surface area contributed by atoms with Crippen LogP contribution in [-0.4, -0.2) is 16.6 Å². The van der Waals surface area contributed by atoms with Gasteiger partial charge in [0.2, 0.25) is 0 Å². The van der Waals surface area contributed by atoms with E-state index in [1.54, 1.807) is 44.2 Å². The molecule has 0 unspecified atom stereocenters. The SMILES string of the molecule is CC(C)OC(=O)C1=c2s/c(=C\c3ccco3)c(=O)n2C(N)=C(C#N)[C@@H]1c1ccco1. The number of hydrogen-bond donors (Lipinski definition) is 1. The number of furan rings is 2. The quantitative estimate of drug-likeness (QED) is 0.630. The number of allylic oxidation sites excluding steroid dienone is 1. The number of nitrogens with two attached hydrogens (primary N) is 1. The summed E-state index contributed by atoms with van der Waals surface area (Å²) in [5.74, 6) is -0.746. The highest BCUT2D eigenvalue weighted by molar-refractivity contribution is 7.07. The third-order valence-corrected chi connectivity index (χ3v) is 5.58. The average molecular weight is 423 g/mol. The van der Waals surface area contributed by atoms with Crippen LogP contribution in [0.4, 0.5) is 0 Å². The van der Waals surface area contributed by atoms with Gasteiger partial charge in [0.15, 0.2) is 0 Å². The lowest BCUT2D eigenvalue weighted by Gasteiger charge is -2.23. The van der Waals surface area contributed by atoms with Gasteiger partial charge >= 0.3 is 5.97 Å². The summed E-state index contributed by atoms with van der Waals surface area (Å²) in [4.78, 5) is 26.2. The largest absolute Gasteiger partial charge is 0.468 e. The van der Waals surface area contributed by atoms with E-state index in [2.05, 4.69) is 0 Å². The van der Waals surface area contributed by atoms with Crippen molar-refractivity contribution in [3.8, 4) is 6.07 Å². The van der Waals surface area contributed by atoms with Crippen molar-refractivity contribution in [2.45, 2.75) is 25.9 Å². The number of fused-ring (bicyclic) bond motifs is 1. The molecule has 8 nitrogen and oxygen atoms in total. The summed E-state index contributed by atoms with van der Waals surface area (Å²) in [6.07, 6.45) is 4.09. The molecule has 2 N–H and O–H groups in total. The second-order valence-electron chi connectivity index (χ2n) is 6.80. The van der Waals surface area contributed by atoms with Crippen molar-refractivity contribution in [3.05, 3.63) is 73.4 Å². The van der Waals surface area contributed by atoms with Crippen molar-refractivity contribution in [1.82, 2.24) is 4.57 Å². The highest BCUT2D eigenvalue weighted by atomic mass is 32.1. The average Bonchev–Trinajstić information content (AvgIpc) is 3.44. The molecule has 0 saturated carbocycles. The van der Waals surface area contributed by atoms with Crippen LogP contribution in [0.3, 0.4) is 0 Å². The molecule has 0 spiro atoms. The number of aromatic nitrogens is 1. The standard InChI is InChI=1S/C21H17N3O5S/c1-11(2)29-21(26)17-16(14-6-4-8-28-14)13(10-22)18(23)24-19(25)15(30-20(17)24)9-12-5-3-7-27-12/h3-9,11,16H,23H2,1-2H3/b15-9-/t16-/m1/s1. The van der Waals surface area contributed by atoms with E-state index in [4.69, 9.17) is 19.3 Å². The molecule has 0 aromatic carbocycles. The van der Waals surface area contributed by atoms with Crippen LogP contribution in [0.1, 0.15) is 31.3 Å². The number of ether oxygens (including phenoxy) is 1. The molecule has 1 atom stereocenters. The Kier molecular flexibility index (Phi) is 4.93. The number of carbonyl (C=O) groups is 1. The van der Waals surface area contributed by atoms with Crippen LogP contribution in [0, 0.1) is 11.3 Å². The molecular weight excluding hydrogens is 406 g/mol. The first-order valence-electron chi connectivity index (χ1n) is 9.08. The Hall–Kier alpha value is -3.77. The Balaban J connectivity index is 2.10. The molecule has 4 heterocycles. The lowest BCUT2D eigenvalue weighted by molar-refractivity contribution is -0.140. The predicted molar refractivity (Wildman–Crippen MR) is 109 cm³/mol. The third-order valence-electron chi connectivity index (χ3n) is 4.48. The lowest BCUT2D eigenvalue weighted by atomic mass is 9.88. The van der Waals surface area contributed by atoms with E-state index >= 15 is 0 Å². The number of carbonyl (C=O) groups excluding carboxylic acids is 1. The number of esters is 1. The molecule has 30 heavy (non-hydrogen) atoms. The molecule has 0 aliphatic carbocycles. The molecule has 9 heteroatoms. The maximum Gasteiger partial charge on any atom is 0.338 e. The zero-order valence-electron chi connectivity index (χ0n) is 16.1. The molecule has 0 radical (unpaired) electrons. The van der Waals surface area contributed by atoms with Gasteiger partial charge in [-0.1, -0.05) is 0 Å². The first-order chi connectivity index (χ1) is 14.4. The maximum absolute atomic E-state index is 13.1. The van der Waals surface area contributed by atoms with E-state index < -0.39 is 23.6 Å². The molecule has 1 aliphatic heterocycles. The van der Waals surface area contributed by atoms with E-state index in [1.165, 1.54) is 17.1 Å². The summed E-state index contributed by atoms with van der Waals surface area (Å²) >= 11 is 1.07. The highest BCUT2D eigenvalue weighted by Gasteiger charge is 2.38. The summed E-state index contributed by atoms with van der Waals surface area (Å²) < 4.78 is 18.0. The van der Waals surface area contributed by atoms with Gasteiger partial charge in [-0.2, -0.15) is 5.26 Å². The van der Waals surface area contributed by atoms with Gasteiger partial charge < -0.3 is 19.3 Å². The summed E-state index contributed by atoms with van der Waals surface area (Å²) in [5, 5.41) is 9.81. The molecule has 3 aromatic rings. The third kappa shape index (κ3) is 3.17. The van der Waals surface area contributed by atoms with Gasteiger partial charge in [-0.25, -0.2) is 4.79 Å². The Labute approximate surface area is 174 Å². The minimum absolute atomic E-state index is 0.0394. The van der Waals surface area contributed by atoms with Gasteiger partial charge in [0.1, 0.15) is 22.0 Å². The predicted octanol–water partition coefficient (Wildman–Crippen LogP) is 1.48. The van der Waals surface area contributed by atoms with E-state index in [0.717, 1.165) is 11.3 Å². The van der Waals surface area contributed by atoms with Crippen molar-refractivity contribution < 1.29 is 18.4 Å². The second-order valence-corrected chi connectivity index (χ2v) is 7.83. The van der Waals surface area contributed by atoms with Gasteiger partial charge in [-0.15, -0.1) is 11.3 Å². The van der Waals surface area contributed by atoms with Gasteiger partial charge in [0.05, 0.1) is 46.3 Å². The summed E-state index contributed by atoms with van der Waals surface area (Å²) in [6.45, 7) is 3.44. The Morgan fingerprint density at radius 3 is 2.67 bits per heavy atom. The fourth-order valence-electron chi connectivity index (χ4n) is 3.26. The normalized spacial score (nSPS) is 16.7. The molecular formula is C21H17N3O5S. The highest BCUT2D eigenvalue weighted by Crippen LogP contribution is 2.36. The molecule has 152 valence electrons. The topological polar surface area (TPSA) is 124 Å².